The van der Waals surface area contributed by atoms with E-state index >= 15 is 0 Å². The van der Waals surface area contributed by atoms with Crippen LogP contribution in [0.15, 0.2) is 58.8 Å². The Hall–Kier alpha value is -2.99. The number of aryl methyl sites for hydroxylation is 1. The molecule has 0 atom stereocenters. The molecule has 0 aliphatic carbocycles. The summed E-state index contributed by atoms with van der Waals surface area (Å²) in [4.78, 5) is 12.6. The fraction of sp³-hybridized carbons (Fsp3) is 0.111. The average Bonchev–Trinajstić information content (AvgIpc) is 2.88. The van der Waals surface area contributed by atoms with E-state index in [1.54, 1.807) is 50.2 Å². The highest BCUT2D eigenvalue weighted by Crippen LogP contribution is 2.30. The Morgan fingerprint density at radius 1 is 1.08 bits per heavy atom. The van der Waals surface area contributed by atoms with Gasteiger partial charge in [0.1, 0.15) is 17.1 Å². The molecule has 1 heterocycles. The zero-order chi connectivity index (χ0) is 18.0. The van der Waals surface area contributed by atoms with E-state index < -0.39 is 5.91 Å². The number of nitrogens with zero attached hydrogens (tertiary/aromatic N) is 4. The molecule has 6 nitrogen and oxygen atoms in total. The number of hydrogen-bond acceptors (Lipinski definition) is 5. The normalized spacial score (nSPS) is 11.2. The molecule has 25 heavy (non-hydrogen) atoms. The monoisotopic (exact) mass is 354 g/mol. The lowest BCUT2D eigenvalue weighted by Crippen LogP contribution is -2.15. The van der Waals surface area contributed by atoms with Gasteiger partial charge in [-0.25, -0.2) is 0 Å². The highest BCUT2D eigenvalue weighted by atomic mass is 35.5. The van der Waals surface area contributed by atoms with Gasteiger partial charge in [-0.05, 0) is 38.1 Å². The predicted molar refractivity (Wildman–Crippen MR) is 95.2 cm³/mol. The summed E-state index contributed by atoms with van der Waals surface area (Å²) in [6.07, 6.45) is 0. The molecule has 0 saturated heterocycles. The number of phenols is 1. The van der Waals surface area contributed by atoms with Crippen LogP contribution in [0.25, 0.3) is 0 Å². The van der Waals surface area contributed by atoms with Crippen LogP contribution in [0.2, 0.25) is 5.02 Å². The molecule has 126 valence electrons. The zero-order valence-electron chi connectivity index (χ0n) is 13.6. The van der Waals surface area contributed by atoms with Crippen LogP contribution < -0.4 is 0 Å². The summed E-state index contributed by atoms with van der Waals surface area (Å²) in [6, 6.07) is 13.4. The van der Waals surface area contributed by atoms with E-state index in [1.807, 2.05) is 6.07 Å². The van der Waals surface area contributed by atoms with E-state index in [1.165, 1.54) is 10.7 Å². The van der Waals surface area contributed by atoms with E-state index in [9.17, 15) is 9.90 Å². The molecule has 1 aromatic heterocycles. The van der Waals surface area contributed by atoms with Crippen LogP contribution in [0.1, 0.15) is 21.7 Å². The second-order valence-corrected chi connectivity index (χ2v) is 5.81. The van der Waals surface area contributed by atoms with Gasteiger partial charge in [0.25, 0.3) is 5.91 Å². The maximum absolute atomic E-state index is 12.6. The Balaban J connectivity index is 1.98. The predicted octanol–water partition coefficient (Wildman–Crippen LogP) is 4.96. The molecule has 7 heteroatoms. The van der Waals surface area contributed by atoms with E-state index in [-0.39, 0.29) is 11.3 Å². The molecule has 1 N–H and O–H groups in total. The Morgan fingerprint density at radius 3 is 2.48 bits per heavy atom. The molecule has 0 spiro atoms. The highest BCUT2D eigenvalue weighted by Gasteiger charge is 2.20. The van der Waals surface area contributed by atoms with Crippen LogP contribution in [-0.4, -0.2) is 20.8 Å². The molecule has 0 fully saturated rings. The van der Waals surface area contributed by atoms with Crippen molar-refractivity contribution in [1.29, 1.82) is 0 Å². The lowest BCUT2D eigenvalue weighted by molar-refractivity contribution is 0.0939. The van der Waals surface area contributed by atoms with Crippen molar-refractivity contribution in [3.05, 3.63) is 70.5 Å². The van der Waals surface area contributed by atoms with Gasteiger partial charge in [-0.15, -0.1) is 10.2 Å². The van der Waals surface area contributed by atoms with Crippen molar-refractivity contribution in [3.63, 3.8) is 0 Å². The number of aromatic hydroxyl groups is 1. The van der Waals surface area contributed by atoms with Gasteiger partial charge in [0, 0.05) is 0 Å². The Morgan fingerprint density at radius 2 is 1.76 bits per heavy atom. The summed E-state index contributed by atoms with van der Waals surface area (Å²) in [5.41, 5.74) is 2.27. The number of carbonyl (C=O) groups excluding carboxylic acids is 1. The van der Waals surface area contributed by atoms with E-state index in [0.717, 1.165) is 0 Å². The van der Waals surface area contributed by atoms with Gasteiger partial charge in [-0.1, -0.05) is 35.9 Å². The second-order valence-electron chi connectivity index (χ2n) is 5.40. The lowest BCUT2D eigenvalue weighted by atomic mass is 10.2. The molecule has 0 amide bonds. The third kappa shape index (κ3) is 3.29. The van der Waals surface area contributed by atoms with E-state index in [0.29, 0.717) is 27.8 Å². The van der Waals surface area contributed by atoms with E-state index in [2.05, 4.69) is 15.3 Å². The molecular formula is C18H15ClN4O2. The lowest BCUT2D eigenvalue weighted by Gasteiger charge is -2.04. The summed E-state index contributed by atoms with van der Waals surface area (Å²) in [5, 5.41) is 22.9. The number of aromatic nitrogens is 2. The number of rotatable bonds is 3. The number of halogens is 1. The molecule has 0 saturated carbocycles. The Kier molecular flexibility index (Phi) is 4.63. The van der Waals surface area contributed by atoms with Gasteiger partial charge >= 0.3 is 0 Å². The van der Waals surface area contributed by atoms with Crippen LogP contribution in [0.5, 0.6) is 5.75 Å². The van der Waals surface area contributed by atoms with Gasteiger partial charge < -0.3 is 5.11 Å². The summed E-state index contributed by atoms with van der Waals surface area (Å²) in [5.74, 6) is -0.530. The Labute approximate surface area is 149 Å². The van der Waals surface area contributed by atoms with Crippen molar-refractivity contribution in [2.24, 2.45) is 10.2 Å². The second kappa shape index (κ2) is 6.86. The minimum absolute atomic E-state index is 0.0979. The first-order valence-corrected chi connectivity index (χ1v) is 7.92. The van der Waals surface area contributed by atoms with Gasteiger partial charge in [0.05, 0.1) is 22.0 Å². The largest absolute Gasteiger partial charge is 0.507 e. The van der Waals surface area contributed by atoms with Crippen LogP contribution in [0.4, 0.5) is 11.4 Å². The molecular weight excluding hydrogens is 340 g/mol. The molecule has 0 aliphatic heterocycles. The standard InChI is InChI=1S/C18H15ClN4O2/c1-11-17(21-20-15-9-5-4-8-14(15)19)12(2)23(22-11)18(25)13-7-3-6-10-16(13)24/h3-10,24H,1-2H3. The first-order valence-electron chi connectivity index (χ1n) is 7.54. The SMILES string of the molecule is Cc1nn(C(=O)c2ccccc2O)c(C)c1N=Nc1ccccc1Cl. The van der Waals surface area contributed by atoms with Crippen LogP contribution in [0.3, 0.4) is 0 Å². The van der Waals surface area contributed by atoms with Crippen molar-refractivity contribution in [2.75, 3.05) is 0 Å². The third-order valence-corrected chi connectivity index (χ3v) is 4.01. The molecule has 0 radical (unpaired) electrons. The van der Waals surface area contributed by atoms with Crippen molar-refractivity contribution in [3.8, 4) is 5.75 Å². The smallest absolute Gasteiger partial charge is 0.282 e. The van der Waals surface area contributed by atoms with Crippen molar-refractivity contribution in [2.45, 2.75) is 13.8 Å². The average molecular weight is 355 g/mol. The summed E-state index contributed by atoms with van der Waals surface area (Å²) < 4.78 is 1.21. The number of azo groups is 1. The minimum Gasteiger partial charge on any atom is -0.507 e. The number of phenolic OH excluding ortho intramolecular Hbond substituents is 1. The maximum atomic E-state index is 12.6. The van der Waals surface area contributed by atoms with Gasteiger partial charge in [-0.3, -0.25) is 4.79 Å². The van der Waals surface area contributed by atoms with Crippen molar-refractivity contribution >= 4 is 28.9 Å². The zero-order valence-corrected chi connectivity index (χ0v) is 14.4. The fourth-order valence-corrected chi connectivity index (χ4v) is 2.56. The third-order valence-electron chi connectivity index (χ3n) is 3.69. The highest BCUT2D eigenvalue weighted by molar-refractivity contribution is 6.32. The fourth-order valence-electron chi connectivity index (χ4n) is 2.38. The van der Waals surface area contributed by atoms with E-state index in [4.69, 9.17) is 11.6 Å². The van der Waals surface area contributed by atoms with Gasteiger partial charge in [0.15, 0.2) is 0 Å². The molecule has 0 aliphatic rings. The number of para-hydroxylation sites is 1. The van der Waals surface area contributed by atoms with Crippen LogP contribution in [-0.2, 0) is 0 Å². The minimum atomic E-state index is -0.433. The molecule has 3 aromatic rings. The molecule has 0 bridgehead atoms. The number of benzene rings is 2. The van der Waals surface area contributed by atoms with Crippen LogP contribution in [0, 0.1) is 13.8 Å². The summed E-state index contributed by atoms with van der Waals surface area (Å²) in [7, 11) is 0. The molecule has 2 aromatic carbocycles. The number of hydrogen-bond donors (Lipinski definition) is 1. The quantitative estimate of drug-likeness (QED) is 0.675. The van der Waals surface area contributed by atoms with Crippen molar-refractivity contribution < 1.29 is 9.90 Å². The first-order chi connectivity index (χ1) is 12.0. The molecule has 3 rings (SSSR count). The van der Waals surface area contributed by atoms with Gasteiger partial charge in [0.2, 0.25) is 0 Å². The van der Waals surface area contributed by atoms with Gasteiger partial charge in [-0.2, -0.15) is 9.78 Å². The maximum Gasteiger partial charge on any atom is 0.282 e. The van der Waals surface area contributed by atoms with Crippen molar-refractivity contribution in [1.82, 2.24) is 9.78 Å². The molecule has 0 unspecified atom stereocenters. The van der Waals surface area contributed by atoms with Crippen LogP contribution >= 0.6 is 11.6 Å². The Bertz CT molecular complexity index is 979. The summed E-state index contributed by atoms with van der Waals surface area (Å²) in [6.45, 7) is 3.46. The first kappa shape index (κ1) is 16.9. The number of carbonyl (C=O) groups is 1. The summed E-state index contributed by atoms with van der Waals surface area (Å²) >= 11 is 6.07. The topological polar surface area (TPSA) is 79.8 Å².